The fraction of sp³-hybridized carbons (Fsp3) is 0.400. The quantitative estimate of drug-likeness (QED) is 0.0189. The van der Waals surface area contributed by atoms with Crippen LogP contribution in [-0.2, 0) is 62.4 Å². The number of nitrogens with one attached hydrogen (secondary N) is 9. The van der Waals surface area contributed by atoms with Gasteiger partial charge in [-0.3, -0.25) is 57.5 Å². The van der Waals surface area contributed by atoms with Crippen LogP contribution in [0.15, 0.2) is 164 Å². The number of carbonyl (C=O) groups is 12. The summed E-state index contributed by atoms with van der Waals surface area (Å²) in [4.78, 5) is 155. The van der Waals surface area contributed by atoms with E-state index in [0.717, 1.165) is 68.1 Å². The van der Waals surface area contributed by atoms with Gasteiger partial charge in [-0.2, -0.15) is 0 Å². The van der Waals surface area contributed by atoms with Gasteiger partial charge in [-0.25, -0.2) is 0 Å². The second kappa shape index (κ2) is 38.8. The molecule has 0 saturated heterocycles. The SMILES string of the molecule is COc1cccc(C(=O)NC(C(=O)NC(Cc2ccccc2)C(=O)C(=O)NC2CC2)C(C)C)c1.COc1cccc(C(=O)NC(CC(C)C)C(=O)NC(Cc2ccccc2)C(=O)C(=O)NC2CC2)c1.COc1cccc(C(=O)NC(CC2CC2)C(=O)NC(Cc2ccccc2)C(=O)C(=O)NC2CC2)c1. The highest BCUT2D eigenvalue weighted by Crippen LogP contribution is 2.34. The third kappa shape index (κ3) is 25.8. The summed E-state index contributed by atoms with van der Waals surface area (Å²) in [6, 6.07) is 41.8. The first-order valence-corrected chi connectivity index (χ1v) is 35.4. The molecule has 6 atom stereocenters. The van der Waals surface area contributed by atoms with E-state index >= 15 is 0 Å². The zero-order valence-corrected chi connectivity index (χ0v) is 59.8. The van der Waals surface area contributed by atoms with Crippen molar-refractivity contribution in [2.24, 2.45) is 17.8 Å². The van der Waals surface area contributed by atoms with Gasteiger partial charge < -0.3 is 62.1 Å². The van der Waals surface area contributed by atoms with Crippen molar-refractivity contribution >= 4 is 70.5 Å². The number of ketones is 3. The van der Waals surface area contributed by atoms with E-state index < -0.39 is 107 Å². The molecule has 10 rings (SSSR count). The highest BCUT2D eigenvalue weighted by Gasteiger charge is 2.39. The molecule has 0 radical (unpaired) electrons. The average Bonchev–Trinajstić information content (AvgIpc) is 1.44. The molecule has 9 N–H and O–H groups in total. The van der Waals surface area contributed by atoms with Gasteiger partial charge in [-0.05, 0) is 140 Å². The van der Waals surface area contributed by atoms with Gasteiger partial charge in [0.1, 0.15) is 53.5 Å². The van der Waals surface area contributed by atoms with Crippen LogP contribution in [0.25, 0.3) is 0 Å². The minimum atomic E-state index is -1.05. The molecule has 0 spiro atoms. The number of benzene rings is 6. The van der Waals surface area contributed by atoms with E-state index in [0.29, 0.717) is 52.7 Å². The summed E-state index contributed by atoms with van der Waals surface area (Å²) >= 11 is 0. The van der Waals surface area contributed by atoms with E-state index in [1.54, 1.807) is 86.6 Å². The van der Waals surface area contributed by atoms with Gasteiger partial charge in [-0.1, -0.05) is 150 Å². The Morgan fingerprint density at radius 1 is 0.356 bits per heavy atom. The lowest BCUT2D eigenvalue weighted by atomic mass is 9.98. The van der Waals surface area contributed by atoms with Crippen LogP contribution in [0.5, 0.6) is 17.2 Å². The molecule has 550 valence electrons. The van der Waals surface area contributed by atoms with Crippen molar-refractivity contribution in [1.82, 2.24) is 47.9 Å². The Bertz CT molecular complexity index is 3810. The van der Waals surface area contributed by atoms with E-state index in [1.165, 1.54) is 21.3 Å². The molecule has 104 heavy (non-hydrogen) atoms. The summed E-state index contributed by atoms with van der Waals surface area (Å²) in [7, 11) is 4.53. The second-order valence-electron chi connectivity index (χ2n) is 27.3. The largest absolute Gasteiger partial charge is 0.497 e. The smallest absolute Gasteiger partial charge is 0.289 e. The van der Waals surface area contributed by atoms with Crippen LogP contribution in [0, 0.1) is 17.8 Å². The molecule has 9 amide bonds. The van der Waals surface area contributed by atoms with Crippen LogP contribution < -0.4 is 62.1 Å². The van der Waals surface area contributed by atoms with Gasteiger partial charge in [-0.15, -0.1) is 0 Å². The van der Waals surface area contributed by atoms with Crippen molar-refractivity contribution in [2.45, 2.75) is 166 Å². The summed E-state index contributed by atoms with van der Waals surface area (Å²) in [6.07, 6.45) is 8.45. The van der Waals surface area contributed by atoms with E-state index in [2.05, 4.69) is 47.9 Å². The highest BCUT2D eigenvalue weighted by atomic mass is 16.5. The maximum absolute atomic E-state index is 13.3. The molecule has 4 aliphatic rings. The van der Waals surface area contributed by atoms with Crippen molar-refractivity contribution in [3.05, 3.63) is 197 Å². The van der Waals surface area contributed by atoms with E-state index in [-0.39, 0.29) is 49.2 Å². The molecular weight excluding hydrogens is 1330 g/mol. The van der Waals surface area contributed by atoms with Crippen LogP contribution >= 0.6 is 0 Å². The van der Waals surface area contributed by atoms with Crippen molar-refractivity contribution in [2.75, 3.05) is 21.3 Å². The summed E-state index contributed by atoms with van der Waals surface area (Å²) in [5, 5.41) is 24.6. The molecule has 0 aliphatic heterocycles. The lowest BCUT2D eigenvalue weighted by molar-refractivity contribution is -0.140. The zero-order chi connectivity index (χ0) is 74.8. The van der Waals surface area contributed by atoms with Crippen molar-refractivity contribution < 1.29 is 71.7 Å². The summed E-state index contributed by atoms with van der Waals surface area (Å²) in [6.45, 7) is 7.47. The van der Waals surface area contributed by atoms with Gasteiger partial charge in [0.2, 0.25) is 35.1 Å². The Morgan fingerprint density at radius 3 is 0.981 bits per heavy atom. The first-order chi connectivity index (χ1) is 50.0. The standard InChI is InChI=1S/C27H31N3O5.C27H33N3O5.C26H31N3O5/c1-35-21-9-5-8-19(16-21)25(32)30-23(15-18-10-11-18)26(33)29-22(14-17-6-3-2-4-7-17)24(31)27(34)28-20-12-13-20;1-17(2)14-23(30-25(32)19-10-7-11-21(16-19)35-3)26(33)29-22(15-18-8-5-4-6-9-18)24(31)27(34)28-20-12-13-20;1-16(2)22(29-24(31)18-10-7-11-20(15-18)34-3)25(32)28-21(14-17-8-5-4-6-9-17)23(30)26(33)27-19-12-13-19/h2-9,16,18,20,22-23H,10-15H2,1H3,(H,28,34)(H,29,33)(H,30,32);4-11,16-17,20,22-23H,12-15H2,1-3H3,(H,28,34)(H,29,33)(H,30,32);4-11,15-16,19,21-22H,12-14H2,1-3H3,(H,27,33)(H,28,32)(H,29,31). The molecule has 4 saturated carbocycles. The highest BCUT2D eigenvalue weighted by molar-refractivity contribution is 6.39. The Hall–Kier alpha value is -11.0. The number of methoxy groups -OCH3 is 3. The third-order valence-corrected chi connectivity index (χ3v) is 17.6. The molecule has 6 unspecified atom stereocenters. The van der Waals surface area contributed by atoms with E-state index in [1.807, 2.05) is 105 Å². The molecule has 0 aromatic heterocycles. The van der Waals surface area contributed by atoms with Crippen molar-refractivity contribution in [3.63, 3.8) is 0 Å². The van der Waals surface area contributed by atoms with Crippen molar-refractivity contribution in [3.8, 4) is 17.2 Å². The predicted octanol–water partition coefficient (Wildman–Crippen LogP) is 6.61. The molecular formula is C80H95N9O15. The van der Waals surface area contributed by atoms with Crippen LogP contribution in [0.3, 0.4) is 0 Å². The number of Topliss-reactive ketones (excluding diaryl/α,β-unsaturated/α-hetero) is 3. The summed E-state index contributed by atoms with van der Waals surface area (Å²) in [5.74, 6) is -5.19. The fourth-order valence-corrected chi connectivity index (χ4v) is 11.1. The molecule has 0 bridgehead atoms. The molecule has 0 heterocycles. The monoisotopic (exact) mass is 1420 g/mol. The predicted molar refractivity (Wildman–Crippen MR) is 389 cm³/mol. The maximum Gasteiger partial charge on any atom is 0.289 e. The van der Waals surface area contributed by atoms with Gasteiger partial charge in [0.05, 0.1) is 21.3 Å². The molecule has 24 heteroatoms. The number of hydrogen-bond acceptors (Lipinski definition) is 15. The van der Waals surface area contributed by atoms with Crippen LogP contribution in [0.2, 0.25) is 0 Å². The lowest BCUT2D eigenvalue weighted by Crippen LogP contribution is -2.56. The van der Waals surface area contributed by atoms with E-state index in [9.17, 15) is 57.5 Å². The molecule has 24 nitrogen and oxygen atoms in total. The van der Waals surface area contributed by atoms with Crippen LogP contribution in [-0.4, -0.2) is 146 Å². The van der Waals surface area contributed by atoms with Gasteiger partial charge >= 0.3 is 0 Å². The normalized spacial score (nSPS) is 15.2. The topological polar surface area (TPSA) is 341 Å². The van der Waals surface area contributed by atoms with Gasteiger partial charge in [0.15, 0.2) is 0 Å². The Balaban J connectivity index is 0.000000197. The Kier molecular flexibility index (Phi) is 29.4. The minimum Gasteiger partial charge on any atom is -0.497 e. The second-order valence-corrected chi connectivity index (χ2v) is 27.3. The number of amides is 9. The molecule has 6 aromatic rings. The van der Waals surface area contributed by atoms with E-state index in [4.69, 9.17) is 14.2 Å². The van der Waals surface area contributed by atoms with Crippen LogP contribution in [0.1, 0.15) is 140 Å². The molecule has 6 aromatic carbocycles. The Labute approximate surface area is 606 Å². The van der Waals surface area contributed by atoms with Gasteiger partial charge in [0.25, 0.3) is 35.4 Å². The van der Waals surface area contributed by atoms with Crippen LogP contribution in [0.4, 0.5) is 0 Å². The molecule has 4 fully saturated rings. The first-order valence-electron chi connectivity index (χ1n) is 35.4. The number of rotatable bonds is 35. The van der Waals surface area contributed by atoms with Crippen molar-refractivity contribution in [1.29, 1.82) is 0 Å². The zero-order valence-electron chi connectivity index (χ0n) is 59.8. The summed E-state index contributed by atoms with van der Waals surface area (Å²) in [5.41, 5.74) is 3.52. The third-order valence-electron chi connectivity index (χ3n) is 17.6. The first kappa shape index (κ1) is 78.7. The fourth-order valence-electron chi connectivity index (χ4n) is 11.1. The summed E-state index contributed by atoms with van der Waals surface area (Å²) < 4.78 is 15.5. The maximum atomic E-state index is 13.3. The number of hydrogen-bond donors (Lipinski definition) is 9. The lowest BCUT2D eigenvalue weighted by Gasteiger charge is -2.25. The average molecular weight is 1420 g/mol. The van der Waals surface area contributed by atoms with Gasteiger partial charge in [0, 0.05) is 54.1 Å². The minimum absolute atomic E-state index is 0.0232. The number of carbonyl (C=O) groups excluding carboxylic acids is 12. The Morgan fingerprint density at radius 2 is 0.673 bits per heavy atom. The number of ether oxygens (including phenoxy) is 3. The molecule has 4 aliphatic carbocycles.